The first-order valence-electron chi connectivity index (χ1n) is 8.21. The summed E-state index contributed by atoms with van der Waals surface area (Å²) in [4.78, 5) is 34.5. The van der Waals surface area contributed by atoms with Gasteiger partial charge in [0.05, 0.1) is 0 Å². The van der Waals surface area contributed by atoms with E-state index in [1.54, 1.807) is 24.3 Å². The monoisotopic (exact) mass is 407 g/mol. The maximum Gasteiger partial charge on any atom is 0.419 e. The van der Waals surface area contributed by atoms with Crippen LogP contribution in [0.25, 0.3) is 0 Å². The van der Waals surface area contributed by atoms with Gasteiger partial charge in [-0.25, -0.2) is 9.59 Å². The number of aromatic nitrogens is 3. The van der Waals surface area contributed by atoms with Crippen molar-refractivity contribution in [2.24, 2.45) is 0 Å². The molecule has 0 radical (unpaired) electrons. The van der Waals surface area contributed by atoms with Gasteiger partial charge in [0.15, 0.2) is 4.77 Å². The lowest BCUT2D eigenvalue weighted by Crippen LogP contribution is -2.44. The number of aliphatic carboxylic acids is 1. The van der Waals surface area contributed by atoms with Crippen LogP contribution in [0.15, 0.2) is 24.3 Å². The highest BCUT2D eigenvalue weighted by Gasteiger charge is 2.28. The minimum absolute atomic E-state index is 0.0619. The average Bonchev–Trinajstić information content (AvgIpc) is 2.61. The fourth-order valence-electron chi connectivity index (χ4n) is 2.90. The molecule has 0 aliphatic carbocycles. The van der Waals surface area contributed by atoms with E-state index in [2.05, 4.69) is 20.3 Å². The second-order valence-corrected chi connectivity index (χ2v) is 6.69. The molecular weight excluding hydrogens is 390 g/mol. The number of H-pyrrole nitrogens is 2. The van der Waals surface area contributed by atoms with Gasteiger partial charge in [0.25, 0.3) is 0 Å². The molecule has 0 saturated carbocycles. The average molecular weight is 407 g/mol. The number of nitrogens with zero attached hydrogens (tertiary/aromatic N) is 2. The lowest BCUT2D eigenvalue weighted by atomic mass is 10.0. The molecule has 11 heteroatoms. The van der Waals surface area contributed by atoms with Crippen LogP contribution in [0.5, 0.6) is 5.75 Å². The highest BCUT2D eigenvalue weighted by molar-refractivity contribution is 7.71. The first-order valence-corrected chi connectivity index (χ1v) is 9.03. The third-order valence-electron chi connectivity index (χ3n) is 4.03. The topological polar surface area (TPSA) is 123 Å². The van der Waals surface area contributed by atoms with Gasteiger partial charge < -0.3 is 24.7 Å². The first kappa shape index (κ1) is 19.0. The highest BCUT2D eigenvalue weighted by Crippen LogP contribution is 2.28. The van der Waals surface area contributed by atoms with Gasteiger partial charge >= 0.3 is 12.1 Å². The number of amides is 1. The number of piperidine rings is 1. The summed E-state index contributed by atoms with van der Waals surface area (Å²) in [6.45, 7) is 0.634. The van der Waals surface area contributed by atoms with E-state index in [1.165, 1.54) is 0 Å². The number of anilines is 2. The van der Waals surface area contributed by atoms with Crippen molar-refractivity contribution >= 4 is 48.1 Å². The summed E-state index contributed by atoms with van der Waals surface area (Å²) >= 11 is 9.82. The van der Waals surface area contributed by atoms with Crippen molar-refractivity contribution < 1.29 is 19.4 Å². The molecule has 4 N–H and O–H groups in total. The van der Waals surface area contributed by atoms with Crippen LogP contribution >= 0.6 is 24.4 Å². The van der Waals surface area contributed by atoms with Crippen molar-refractivity contribution in [2.75, 3.05) is 16.8 Å². The number of carboxylic acid groups (broad SMARTS) is 1. The number of carbonyl (C=O) groups is 2. The van der Waals surface area contributed by atoms with Crippen LogP contribution in [-0.4, -0.2) is 44.7 Å². The van der Waals surface area contributed by atoms with Crippen LogP contribution in [0, 0.1) is 9.54 Å². The van der Waals surface area contributed by atoms with E-state index >= 15 is 0 Å². The molecule has 142 valence electrons. The molecule has 1 aliphatic rings. The Bertz CT molecular complexity index is 945. The largest absolute Gasteiger partial charge is 0.480 e. The summed E-state index contributed by atoms with van der Waals surface area (Å²) in [7, 11) is 0. The molecule has 3 rings (SSSR count). The fraction of sp³-hybridized carbons (Fsp3) is 0.312. The van der Waals surface area contributed by atoms with E-state index in [9.17, 15) is 14.7 Å². The van der Waals surface area contributed by atoms with Gasteiger partial charge in [-0.05, 0) is 55.8 Å². The van der Waals surface area contributed by atoms with E-state index < -0.39 is 18.1 Å². The van der Waals surface area contributed by atoms with Crippen molar-refractivity contribution in [3.63, 3.8) is 0 Å². The molecule has 0 bridgehead atoms. The SMILES string of the molecule is O=C(Nc1nc(=S)[nH]c(=S)[nH]1)Oc1cccc(N2CCCCC2C(=O)O)c1. The van der Waals surface area contributed by atoms with Crippen LogP contribution in [0.3, 0.4) is 0 Å². The number of carbonyl (C=O) groups excluding carboxylic acids is 1. The Balaban J connectivity index is 1.73. The molecule has 1 fully saturated rings. The summed E-state index contributed by atoms with van der Waals surface area (Å²) in [5.74, 6) is -0.521. The quantitative estimate of drug-likeness (QED) is 0.570. The molecule has 1 saturated heterocycles. The Hall–Kier alpha value is -2.79. The smallest absolute Gasteiger partial charge is 0.419 e. The lowest BCUT2D eigenvalue weighted by molar-refractivity contribution is -0.139. The van der Waals surface area contributed by atoms with Gasteiger partial charge in [0.1, 0.15) is 11.8 Å². The van der Waals surface area contributed by atoms with Crippen molar-refractivity contribution in [3.05, 3.63) is 33.8 Å². The Kier molecular flexibility index (Phi) is 5.81. The Morgan fingerprint density at radius 2 is 2.11 bits per heavy atom. The molecule has 1 amide bonds. The van der Waals surface area contributed by atoms with Gasteiger partial charge in [-0.2, -0.15) is 4.98 Å². The number of benzene rings is 1. The molecule has 9 nitrogen and oxygen atoms in total. The summed E-state index contributed by atoms with van der Waals surface area (Å²) in [6.07, 6.45) is 1.59. The number of nitrogens with one attached hydrogen (secondary N) is 3. The van der Waals surface area contributed by atoms with Crippen molar-refractivity contribution in [3.8, 4) is 5.75 Å². The third-order valence-corrected chi connectivity index (χ3v) is 4.43. The van der Waals surface area contributed by atoms with Gasteiger partial charge in [-0.3, -0.25) is 5.32 Å². The minimum atomic E-state index is -0.860. The van der Waals surface area contributed by atoms with E-state index in [1.807, 2.05) is 4.90 Å². The van der Waals surface area contributed by atoms with Crippen molar-refractivity contribution in [2.45, 2.75) is 25.3 Å². The van der Waals surface area contributed by atoms with Crippen LogP contribution in [0.2, 0.25) is 0 Å². The summed E-state index contributed by atoms with van der Waals surface area (Å²) in [5, 5.41) is 11.8. The normalized spacial score (nSPS) is 16.6. The van der Waals surface area contributed by atoms with E-state index in [4.69, 9.17) is 29.2 Å². The number of aromatic amines is 2. The molecule has 2 aromatic rings. The number of carboxylic acids is 1. The molecule has 27 heavy (non-hydrogen) atoms. The Morgan fingerprint density at radius 1 is 1.30 bits per heavy atom. The molecule has 2 heterocycles. The van der Waals surface area contributed by atoms with Crippen LogP contribution in [0.1, 0.15) is 19.3 Å². The maximum absolute atomic E-state index is 12.1. The number of hydrogen-bond donors (Lipinski definition) is 4. The Morgan fingerprint density at radius 3 is 2.85 bits per heavy atom. The predicted molar refractivity (Wildman–Crippen MR) is 103 cm³/mol. The zero-order valence-corrected chi connectivity index (χ0v) is 15.7. The summed E-state index contributed by atoms with van der Waals surface area (Å²) in [5.41, 5.74) is 0.687. The van der Waals surface area contributed by atoms with Crippen LogP contribution in [-0.2, 0) is 4.79 Å². The number of ether oxygens (including phenoxy) is 1. The highest BCUT2D eigenvalue weighted by atomic mass is 32.1. The molecule has 0 spiro atoms. The van der Waals surface area contributed by atoms with E-state index in [0.717, 1.165) is 12.8 Å². The fourth-order valence-corrected chi connectivity index (χ4v) is 3.36. The van der Waals surface area contributed by atoms with Crippen LogP contribution in [0.4, 0.5) is 16.4 Å². The zero-order valence-electron chi connectivity index (χ0n) is 14.1. The summed E-state index contributed by atoms with van der Waals surface area (Å²) < 4.78 is 5.61. The molecule has 1 aromatic heterocycles. The van der Waals surface area contributed by atoms with Crippen molar-refractivity contribution in [1.29, 1.82) is 0 Å². The molecule has 1 aromatic carbocycles. The van der Waals surface area contributed by atoms with Gasteiger partial charge in [0, 0.05) is 18.3 Å². The van der Waals surface area contributed by atoms with Gasteiger partial charge in [0.2, 0.25) is 10.7 Å². The van der Waals surface area contributed by atoms with Crippen molar-refractivity contribution in [1.82, 2.24) is 15.0 Å². The molecule has 1 atom stereocenters. The first-order chi connectivity index (χ1) is 12.9. The van der Waals surface area contributed by atoms with E-state index in [0.29, 0.717) is 18.7 Å². The number of rotatable bonds is 4. The summed E-state index contributed by atoms with van der Waals surface area (Å²) in [6, 6.07) is 6.15. The lowest BCUT2D eigenvalue weighted by Gasteiger charge is -2.34. The maximum atomic E-state index is 12.1. The zero-order chi connectivity index (χ0) is 19.4. The molecule has 1 unspecified atom stereocenters. The number of hydrogen-bond acceptors (Lipinski definition) is 7. The van der Waals surface area contributed by atoms with Crippen LogP contribution < -0.4 is 15.0 Å². The molecular formula is C16H17N5O4S2. The predicted octanol–water partition coefficient (Wildman–Crippen LogP) is 3.25. The Labute approximate surface area is 164 Å². The van der Waals surface area contributed by atoms with Gasteiger partial charge in [-0.15, -0.1) is 0 Å². The minimum Gasteiger partial charge on any atom is -0.480 e. The molecule has 1 aliphatic heterocycles. The standard InChI is InChI=1S/C16H17N5O4S2/c22-12(23)11-6-1-2-7-21(11)9-4-3-5-10(8-9)25-16(24)19-13-17-14(26)20-15(27)18-13/h3-5,8,11H,1-2,6-7H2,(H,22,23)(H3,17,18,19,20,24,26,27). The third kappa shape index (κ3) is 4.89. The van der Waals surface area contributed by atoms with Gasteiger partial charge in [-0.1, -0.05) is 6.07 Å². The second-order valence-electron chi connectivity index (χ2n) is 5.90. The van der Waals surface area contributed by atoms with E-state index in [-0.39, 0.29) is 21.2 Å². The second kappa shape index (κ2) is 8.27.